The summed E-state index contributed by atoms with van der Waals surface area (Å²) in [7, 11) is -3.45. The molecule has 7 nitrogen and oxygen atoms in total. The molecule has 0 saturated carbocycles. The molecule has 0 bridgehead atoms. The lowest BCUT2D eigenvalue weighted by molar-refractivity contribution is -0.116. The summed E-state index contributed by atoms with van der Waals surface area (Å²) in [6.45, 7) is 3.54. The topological polar surface area (TPSA) is 97.3 Å². The molecule has 0 aliphatic heterocycles. The third-order valence-electron chi connectivity index (χ3n) is 5.53. The summed E-state index contributed by atoms with van der Waals surface area (Å²) in [5.41, 5.74) is 2.86. The minimum absolute atomic E-state index is 0.00740. The van der Waals surface area contributed by atoms with E-state index in [2.05, 4.69) is 10.0 Å². The number of amides is 1. The predicted octanol–water partition coefficient (Wildman–Crippen LogP) is 4.25. The molecule has 0 aliphatic rings. The summed E-state index contributed by atoms with van der Waals surface area (Å²) in [5.74, 6) is -0.263. The normalized spacial score (nSPS) is 11.6. The summed E-state index contributed by atoms with van der Waals surface area (Å²) in [5, 5.41) is 3.99. The molecule has 170 valence electrons. The van der Waals surface area contributed by atoms with Crippen molar-refractivity contribution in [2.24, 2.45) is 0 Å². The highest BCUT2D eigenvalue weighted by Crippen LogP contribution is 2.25. The van der Waals surface area contributed by atoms with Crippen molar-refractivity contribution in [3.63, 3.8) is 0 Å². The molecule has 3 aromatic carbocycles. The van der Waals surface area contributed by atoms with E-state index in [-0.39, 0.29) is 23.6 Å². The van der Waals surface area contributed by atoms with Crippen LogP contribution in [-0.2, 0) is 21.4 Å². The molecule has 0 unspecified atom stereocenters. The van der Waals surface area contributed by atoms with Crippen LogP contribution in [-0.4, -0.2) is 24.6 Å². The van der Waals surface area contributed by atoms with Gasteiger partial charge in [0.1, 0.15) is 6.54 Å². The number of nitrogens with one attached hydrogen (secondary N) is 2. The van der Waals surface area contributed by atoms with E-state index in [1.807, 2.05) is 28.8 Å². The first-order valence-corrected chi connectivity index (χ1v) is 12.4. The summed E-state index contributed by atoms with van der Waals surface area (Å²) in [6, 6.07) is 19.5. The molecule has 1 heterocycles. The molecule has 4 aromatic rings. The maximum absolute atomic E-state index is 13.1. The van der Waals surface area contributed by atoms with Gasteiger partial charge in [0.05, 0.1) is 22.5 Å². The van der Waals surface area contributed by atoms with Gasteiger partial charge in [0, 0.05) is 16.5 Å². The largest absolute Gasteiger partial charge is 0.331 e. The fourth-order valence-electron chi connectivity index (χ4n) is 3.95. The van der Waals surface area contributed by atoms with Crippen molar-refractivity contribution in [3.8, 4) is 0 Å². The Morgan fingerprint density at radius 1 is 0.879 bits per heavy atom. The predicted molar refractivity (Wildman–Crippen MR) is 133 cm³/mol. The fraction of sp³-hybridized carbons (Fsp3) is 0.200. The molecule has 0 spiro atoms. The molecule has 1 aromatic heterocycles. The van der Waals surface area contributed by atoms with Crippen LogP contribution in [0.5, 0.6) is 0 Å². The fourth-order valence-corrected chi connectivity index (χ4v) is 5.15. The first-order chi connectivity index (χ1) is 15.8. The van der Waals surface area contributed by atoms with Crippen molar-refractivity contribution in [2.45, 2.75) is 26.8 Å². The standard InChI is InChI=1S/C25H25N3O4S/c1-3-15-33(31,32)27-21-12-8-11-20(17(21)2)26-24(29)16-28-22-13-6-4-9-18(22)25(30)19-10-5-7-14-23(19)28/h4-14,27H,3,15-16H2,1-2H3,(H,26,29). The second-order valence-corrected chi connectivity index (χ2v) is 9.74. The Labute approximate surface area is 192 Å². The zero-order valence-corrected chi connectivity index (χ0v) is 19.3. The third kappa shape index (κ3) is 4.61. The number of fused-ring (bicyclic) bond motifs is 2. The van der Waals surface area contributed by atoms with Gasteiger partial charge in [-0.05, 0) is 55.3 Å². The Morgan fingerprint density at radius 2 is 1.45 bits per heavy atom. The first-order valence-electron chi connectivity index (χ1n) is 10.7. The van der Waals surface area contributed by atoms with E-state index >= 15 is 0 Å². The number of hydrogen-bond donors (Lipinski definition) is 2. The number of hydrogen-bond acceptors (Lipinski definition) is 4. The van der Waals surface area contributed by atoms with Crippen LogP contribution < -0.4 is 15.5 Å². The number of anilines is 2. The molecule has 8 heteroatoms. The molecule has 0 radical (unpaired) electrons. The number of sulfonamides is 1. The molecule has 0 saturated heterocycles. The molecule has 1 amide bonds. The van der Waals surface area contributed by atoms with E-state index in [0.29, 0.717) is 45.2 Å². The Kier molecular flexibility index (Phi) is 6.20. The lowest BCUT2D eigenvalue weighted by Crippen LogP contribution is -2.22. The number of para-hydroxylation sites is 2. The molecule has 0 aliphatic carbocycles. The van der Waals surface area contributed by atoms with E-state index in [4.69, 9.17) is 0 Å². The van der Waals surface area contributed by atoms with Crippen LogP contribution in [0.1, 0.15) is 18.9 Å². The molecule has 0 atom stereocenters. The number of aromatic nitrogens is 1. The maximum atomic E-state index is 13.1. The minimum atomic E-state index is -3.45. The lowest BCUT2D eigenvalue weighted by Gasteiger charge is -2.17. The quantitative estimate of drug-likeness (QED) is 0.400. The van der Waals surface area contributed by atoms with Crippen LogP contribution in [0.15, 0.2) is 71.5 Å². The van der Waals surface area contributed by atoms with Gasteiger partial charge in [-0.2, -0.15) is 0 Å². The zero-order valence-electron chi connectivity index (χ0n) is 18.5. The molecule has 0 fully saturated rings. The van der Waals surface area contributed by atoms with Crippen molar-refractivity contribution in [3.05, 3.63) is 82.5 Å². The second-order valence-electron chi connectivity index (χ2n) is 7.90. The number of nitrogens with zero attached hydrogens (tertiary/aromatic N) is 1. The molecule has 33 heavy (non-hydrogen) atoms. The van der Waals surface area contributed by atoms with Gasteiger partial charge < -0.3 is 9.88 Å². The van der Waals surface area contributed by atoms with Gasteiger partial charge in [0.2, 0.25) is 15.9 Å². The van der Waals surface area contributed by atoms with Gasteiger partial charge in [0.25, 0.3) is 0 Å². The molecule has 4 rings (SSSR count). The van der Waals surface area contributed by atoms with Crippen LogP contribution in [0.4, 0.5) is 11.4 Å². The maximum Gasteiger partial charge on any atom is 0.244 e. The molecular formula is C25H25N3O4S. The van der Waals surface area contributed by atoms with Crippen molar-refractivity contribution in [1.82, 2.24) is 4.57 Å². The van der Waals surface area contributed by atoms with Crippen molar-refractivity contribution in [2.75, 3.05) is 15.8 Å². The highest BCUT2D eigenvalue weighted by Gasteiger charge is 2.16. The highest BCUT2D eigenvalue weighted by atomic mass is 32.2. The van der Waals surface area contributed by atoms with Crippen LogP contribution in [0, 0.1) is 6.92 Å². The van der Waals surface area contributed by atoms with Crippen LogP contribution in [0.2, 0.25) is 0 Å². The van der Waals surface area contributed by atoms with E-state index in [9.17, 15) is 18.0 Å². The van der Waals surface area contributed by atoms with Gasteiger partial charge in [-0.25, -0.2) is 8.42 Å². The smallest absolute Gasteiger partial charge is 0.244 e. The summed E-state index contributed by atoms with van der Waals surface area (Å²) in [4.78, 5) is 25.9. The highest BCUT2D eigenvalue weighted by molar-refractivity contribution is 7.92. The summed E-state index contributed by atoms with van der Waals surface area (Å²) < 4.78 is 28.8. The van der Waals surface area contributed by atoms with Gasteiger partial charge in [-0.15, -0.1) is 0 Å². The average Bonchev–Trinajstić information content (AvgIpc) is 2.79. The van der Waals surface area contributed by atoms with Gasteiger partial charge in [-0.1, -0.05) is 37.3 Å². The number of rotatable bonds is 7. The van der Waals surface area contributed by atoms with Crippen molar-refractivity contribution in [1.29, 1.82) is 0 Å². The molecule has 2 N–H and O–H groups in total. The number of carbonyl (C=O) groups excluding carboxylic acids is 1. The number of pyridine rings is 1. The Balaban J connectivity index is 1.67. The van der Waals surface area contributed by atoms with Crippen LogP contribution >= 0.6 is 0 Å². The third-order valence-corrected chi connectivity index (χ3v) is 7.00. The van der Waals surface area contributed by atoms with Gasteiger partial charge in [0.15, 0.2) is 5.43 Å². The second kappa shape index (κ2) is 9.07. The van der Waals surface area contributed by atoms with Gasteiger partial charge >= 0.3 is 0 Å². The van der Waals surface area contributed by atoms with E-state index in [1.54, 1.807) is 56.3 Å². The van der Waals surface area contributed by atoms with Crippen molar-refractivity contribution < 1.29 is 13.2 Å². The summed E-state index contributed by atoms with van der Waals surface area (Å²) >= 11 is 0. The lowest BCUT2D eigenvalue weighted by atomic mass is 10.1. The van der Waals surface area contributed by atoms with E-state index in [1.165, 1.54) is 0 Å². The van der Waals surface area contributed by atoms with E-state index < -0.39 is 10.0 Å². The summed E-state index contributed by atoms with van der Waals surface area (Å²) in [6.07, 6.45) is 0.506. The van der Waals surface area contributed by atoms with Crippen LogP contribution in [0.25, 0.3) is 21.8 Å². The van der Waals surface area contributed by atoms with Crippen molar-refractivity contribution >= 4 is 49.1 Å². The monoisotopic (exact) mass is 463 g/mol. The average molecular weight is 464 g/mol. The number of carbonyl (C=O) groups is 1. The van der Waals surface area contributed by atoms with E-state index in [0.717, 1.165) is 0 Å². The first kappa shape index (κ1) is 22.5. The minimum Gasteiger partial charge on any atom is -0.331 e. The Morgan fingerprint density at radius 3 is 2.06 bits per heavy atom. The Bertz CT molecular complexity index is 1460. The Hall–Kier alpha value is -3.65. The SMILES string of the molecule is CCCS(=O)(=O)Nc1cccc(NC(=O)Cn2c3ccccc3c(=O)c3ccccc32)c1C. The van der Waals surface area contributed by atoms with Gasteiger partial charge in [-0.3, -0.25) is 14.3 Å². The van der Waals surface area contributed by atoms with Crippen LogP contribution in [0.3, 0.4) is 0 Å². The molecular weight excluding hydrogens is 438 g/mol. The zero-order chi connectivity index (χ0) is 23.6. The number of benzene rings is 3.